The van der Waals surface area contributed by atoms with Gasteiger partial charge in [0.05, 0.1) is 20.8 Å². The Morgan fingerprint density at radius 2 is 2.05 bits per heavy atom. The Labute approximate surface area is 123 Å². The summed E-state index contributed by atoms with van der Waals surface area (Å²) in [6, 6.07) is 0. The van der Waals surface area contributed by atoms with E-state index in [1.165, 1.54) is 14.2 Å². The van der Waals surface area contributed by atoms with E-state index in [0.717, 1.165) is 0 Å². The number of hydrogen-bond donors (Lipinski definition) is 1. The standard InChI is InChI=1S/C15H20O6/c1-20-13(18)10-11-6-7-12(17)15(11,14(19)21-2)8-4-3-5-9-16/h11,16H,5-10H2,1-2H3. The minimum absolute atomic E-state index is 0.000166. The fourth-order valence-electron chi connectivity index (χ4n) is 2.69. The summed E-state index contributed by atoms with van der Waals surface area (Å²) in [5.41, 5.74) is -1.40. The number of aliphatic hydroxyl groups excluding tert-OH is 1. The normalized spacial score (nSPS) is 24.1. The van der Waals surface area contributed by atoms with Gasteiger partial charge in [0.25, 0.3) is 0 Å². The summed E-state index contributed by atoms with van der Waals surface area (Å²) in [4.78, 5) is 35.9. The van der Waals surface area contributed by atoms with Crippen molar-refractivity contribution in [1.82, 2.24) is 0 Å². The number of rotatable bonds is 5. The van der Waals surface area contributed by atoms with Gasteiger partial charge in [-0.3, -0.25) is 14.4 Å². The van der Waals surface area contributed by atoms with Crippen LogP contribution in [0.15, 0.2) is 0 Å². The van der Waals surface area contributed by atoms with Gasteiger partial charge in [0, 0.05) is 25.7 Å². The van der Waals surface area contributed by atoms with Gasteiger partial charge in [0.1, 0.15) is 5.41 Å². The Morgan fingerprint density at radius 3 is 2.62 bits per heavy atom. The maximum atomic E-state index is 12.3. The Morgan fingerprint density at radius 1 is 1.33 bits per heavy atom. The van der Waals surface area contributed by atoms with Gasteiger partial charge in [-0.05, 0) is 12.3 Å². The first kappa shape index (κ1) is 17.2. The molecule has 1 aliphatic carbocycles. The average molecular weight is 296 g/mol. The maximum Gasteiger partial charge on any atom is 0.320 e. The molecule has 0 spiro atoms. The van der Waals surface area contributed by atoms with Crippen LogP contribution < -0.4 is 0 Å². The van der Waals surface area contributed by atoms with Gasteiger partial charge in [0.2, 0.25) is 0 Å². The van der Waals surface area contributed by atoms with Crippen molar-refractivity contribution >= 4 is 17.7 Å². The summed E-state index contributed by atoms with van der Waals surface area (Å²) < 4.78 is 9.41. The maximum absolute atomic E-state index is 12.3. The van der Waals surface area contributed by atoms with Crippen molar-refractivity contribution in [1.29, 1.82) is 0 Å². The predicted octanol–water partition coefficient (Wildman–Crippen LogP) is 0.464. The number of hydrogen-bond acceptors (Lipinski definition) is 6. The number of ether oxygens (including phenoxy) is 2. The second kappa shape index (κ2) is 7.79. The summed E-state index contributed by atoms with van der Waals surface area (Å²) in [7, 11) is 2.48. The molecule has 1 fully saturated rings. The van der Waals surface area contributed by atoms with Crippen molar-refractivity contribution in [2.24, 2.45) is 11.3 Å². The topological polar surface area (TPSA) is 89.9 Å². The second-order valence-electron chi connectivity index (χ2n) is 4.91. The molecule has 2 unspecified atom stereocenters. The summed E-state index contributed by atoms with van der Waals surface area (Å²) in [5.74, 6) is 3.62. The fraction of sp³-hybridized carbons (Fsp3) is 0.667. The van der Waals surface area contributed by atoms with Gasteiger partial charge >= 0.3 is 11.9 Å². The molecule has 2 atom stereocenters. The van der Waals surface area contributed by atoms with Crippen LogP contribution in [0.25, 0.3) is 0 Å². The molecule has 0 aromatic carbocycles. The smallest absolute Gasteiger partial charge is 0.320 e. The van der Waals surface area contributed by atoms with E-state index in [1.54, 1.807) is 0 Å². The molecular weight excluding hydrogens is 276 g/mol. The van der Waals surface area contributed by atoms with Crippen molar-refractivity contribution in [3.8, 4) is 11.8 Å². The first-order valence-electron chi connectivity index (χ1n) is 6.78. The Bertz CT molecular complexity index is 472. The molecule has 21 heavy (non-hydrogen) atoms. The van der Waals surface area contributed by atoms with Crippen LogP contribution >= 0.6 is 0 Å². The third kappa shape index (κ3) is 3.61. The number of methoxy groups -OCH3 is 2. The molecule has 0 aromatic rings. The first-order chi connectivity index (χ1) is 10.0. The molecule has 116 valence electrons. The molecule has 1 rings (SSSR count). The van der Waals surface area contributed by atoms with Gasteiger partial charge < -0.3 is 14.6 Å². The molecule has 0 aromatic heterocycles. The lowest BCUT2D eigenvalue weighted by molar-refractivity contribution is -0.160. The van der Waals surface area contributed by atoms with Gasteiger partial charge in [0.15, 0.2) is 5.78 Å². The quantitative estimate of drug-likeness (QED) is 0.450. The second-order valence-corrected chi connectivity index (χ2v) is 4.91. The van der Waals surface area contributed by atoms with Crippen LogP contribution in [0.4, 0.5) is 0 Å². The third-order valence-electron chi connectivity index (χ3n) is 3.83. The van der Waals surface area contributed by atoms with Crippen LogP contribution in [0.1, 0.15) is 32.1 Å². The number of esters is 2. The summed E-state index contributed by atoms with van der Waals surface area (Å²) in [6.45, 7) is -0.0856. The summed E-state index contributed by atoms with van der Waals surface area (Å²) in [6.07, 6.45) is 0.912. The molecule has 1 saturated carbocycles. The first-order valence-corrected chi connectivity index (χ1v) is 6.78. The Kier molecular flexibility index (Phi) is 6.38. The number of Topliss-reactive ketones (excluding diaryl/α,β-unsaturated/α-hetero) is 1. The van der Waals surface area contributed by atoms with Crippen LogP contribution in [0.3, 0.4) is 0 Å². The van der Waals surface area contributed by atoms with E-state index >= 15 is 0 Å². The van der Waals surface area contributed by atoms with Crippen molar-refractivity contribution < 1.29 is 29.0 Å². The number of ketones is 1. The van der Waals surface area contributed by atoms with Gasteiger partial charge in [-0.1, -0.05) is 0 Å². The van der Waals surface area contributed by atoms with Crippen molar-refractivity contribution in [3.63, 3.8) is 0 Å². The number of carbonyl (C=O) groups excluding carboxylic acids is 3. The molecule has 1 N–H and O–H groups in total. The Hall–Kier alpha value is -1.87. The average Bonchev–Trinajstić information content (AvgIpc) is 2.80. The van der Waals surface area contributed by atoms with E-state index < -0.39 is 23.3 Å². The molecule has 6 heteroatoms. The molecule has 0 heterocycles. The fourth-order valence-corrected chi connectivity index (χ4v) is 2.69. The highest BCUT2D eigenvalue weighted by atomic mass is 16.5. The molecule has 0 aliphatic heterocycles. The van der Waals surface area contributed by atoms with Crippen molar-refractivity contribution in [2.75, 3.05) is 20.8 Å². The van der Waals surface area contributed by atoms with E-state index in [0.29, 0.717) is 6.42 Å². The number of aliphatic hydroxyl groups is 1. The predicted molar refractivity (Wildman–Crippen MR) is 72.9 cm³/mol. The number of carbonyl (C=O) groups is 3. The van der Waals surface area contributed by atoms with E-state index in [2.05, 4.69) is 16.6 Å². The van der Waals surface area contributed by atoms with E-state index in [1.807, 2.05) is 0 Å². The van der Waals surface area contributed by atoms with E-state index in [4.69, 9.17) is 9.84 Å². The van der Waals surface area contributed by atoms with Crippen molar-refractivity contribution in [3.05, 3.63) is 0 Å². The zero-order chi connectivity index (χ0) is 15.9. The molecule has 1 aliphatic rings. The molecule has 0 saturated heterocycles. The lowest BCUT2D eigenvalue weighted by atomic mass is 9.73. The molecule has 0 amide bonds. The lowest BCUT2D eigenvalue weighted by Crippen LogP contribution is -2.42. The molecule has 0 radical (unpaired) electrons. The van der Waals surface area contributed by atoms with Crippen LogP contribution in [-0.4, -0.2) is 43.7 Å². The highest BCUT2D eigenvalue weighted by Crippen LogP contribution is 2.46. The van der Waals surface area contributed by atoms with Gasteiger partial charge in [-0.25, -0.2) is 0 Å². The SMILES string of the molecule is COC(=O)CC1CCC(=O)C1(CC#CCCO)C(=O)OC. The minimum atomic E-state index is -1.40. The summed E-state index contributed by atoms with van der Waals surface area (Å²) in [5, 5.41) is 8.71. The highest BCUT2D eigenvalue weighted by Gasteiger charge is 2.56. The zero-order valence-corrected chi connectivity index (χ0v) is 12.3. The van der Waals surface area contributed by atoms with Crippen LogP contribution in [0, 0.1) is 23.2 Å². The van der Waals surface area contributed by atoms with E-state index in [-0.39, 0.29) is 38.1 Å². The monoisotopic (exact) mass is 296 g/mol. The van der Waals surface area contributed by atoms with Gasteiger partial charge in [-0.2, -0.15) is 0 Å². The largest absolute Gasteiger partial charge is 0.469 e. The highest BCUT2D eigenvalue weighted by molar-refractivity contribution is 6.06. The summed E-state index contributed by atoms with van der Waals surface area (Å²) >= 11 is 0. The molecule has 6 nitrogen and oxygen atoms in total. The van der Waals surface area contributed by atoms with Crippen molar-refractivity contribution in [2.45, 2.75) is 32.1 Å². The van der Waals surface area contributed by atoms with Crippen LogP contribution in [0.2, 0.25) is 0 Å². The van der Waals surface area contributed by atoms with Gasteiger partial charge in [-0.15, -0.1) is 11.8 Å². The molecule has 0 bridgehead atoms. The van der Waals surface area contributed by atoms with E-state index in [9.17, 15) is 14.4 Å². The third-order valence-corrected chi connectivity index (χ3v) is 3.83. The minimum Gasteiger partial charge on any atom is -0.469 e. The molecular formula is C15H20O6. The van der Waals surface area contributed by atoms with Crippen LogP contribution in [-0.2, 0) is 23.9 Å². The lowest BCUT2D eigenvalue weighted by Gasteiger charge is -2.28. The zero-order valence-electron chi connectivity index (χ0n) is 12.3. The Balaban J connectivity index is 3.06. The van der Waals surface area contributed by atoms with Crippen LogP contribution in [0.5, 0.6) is 0 Å².